The Balaban J connectivity index is 2.64. The third kappa shape index (κ3) is 1.65. The lowest BCUT2D eigenvalue weighted by Crippen LogP contribution is -2.14. The minimum absolute atomic E-state index is 0.545. The second kappa shape index (κ2) is 3.70. The van der Waals surface area contributed by atoms with Crippen LogP contribution < -0.4 is 0 Å². The van der Waals surface area contributed by atoms with Crippen molar-refractivity contribution in [2.45, 2.75) is 13.0 Å². The van der Waals surface area contributed by atoms with Crippen molar-refractivity contribution in [3.05, 3.63) is 34.9 Å². The summed E-state index contributed by atoms with van der Waals surface area (Å²) in [6, 6.07) is 7.13. The standard InChI is InChI=1S/C11H10BrNO2/c1-7(11(14)15)13-6-5-8-9(12)3-2-4-10(8)13/h2-7H,1H3,(H,14,15)/t7-/m1/s1. The van der Waals surface area contributed by atoms with Crippen molar-refractivity contribution in [1.82, 2.24) is 4.57 Å². The summed E-state index contributed by atoms with van der Waals surface area (Å²) in [5, 5.41) is 9.98. The topological polar surface area (TPSA) is 42.2 Å². The zero-order valence-corrected chi connectivity index (χ0v) is 9.73. The van der Waals surface area contributed by atoms with Crippen LogP contribution in [0.25, 0.3) is 10.9 Å². The molecule has 1 atom stereocenters. The molecule has 0 unspecified atom stereocenters. The molecule has 0 radical (unpaired) electrons. The first-order valence-corrected chi connectivity index (χ1v) is 5.38. The maximum atomic E-state index is 10.9. The molecule has 1 N–H and O–H groups in total. The van der Waals surface area contributed by atoms with Crippen molar-refractivity contribution in [1.29, 1.82) is 0 Å². The lowest BCUT2D eigenvalue weighted by atomic mass is 10.2. The first kappa shape index (κ1) is 10.2. The molecular weight excluding hydrogens is 258 g/mol. The number of benzene rings is 1. The zero-order valence-electron chi connectivity index (χ0n) is 8.14. The van der Waals surface area contributed by atoms with Crippen LogP contribution in [0.4, 0.5) is 0 Å². The van der Waals surface area contributed by atoms with E-state index in [0.717, 1.165) is 15.4 Å². The molecule has 0 aliphatic rings. The van der Waals surface area contributed by atoms with Crippen LogP contribution in [0, 0.1) is 0 Å². The van der Waals surface area contributed by atoms with Gasteiger partial charge >= 0.3 is 5.97 Å². The first-order chi connectivity index (χ1) is 7.11. The fourth-order valence-corrected chi connectivity index (χ4v) is 2.10. The van der Waals surface area contributed by atoms with Gasteiger partial charge in [0, 0.05) is 21.6 Å². The summed E-state index contributed by atoms with van der Waals surface area (Å²) in [6.45, 7) is 1.67. The molecule has 1 aromatic carbocycles. The maximum Gasteiger partial charge on any atom is 0.326 e. The normalized spacial score (nSPS) is 12.9. The largest absolute Gasteiger partial charge is 0.480 e. The molecule has 2 aromatic rings. The van der Waals surface area contributed by atoms with E-state index in [0.29, 0.717) is 0 Å². The molecular formula is C11H10BrNO2. The number of carboxylic acids is 1. The van der Waals surface area contributed by atoms with Crippen molar-refractivity contribution in [2.24, 2.45) is 0 Å². The predicted octanol–water partition coefficient (Wildman–Crippen LogP) is 3.05. The molecule has 0 fully saturated rings. The van der Waals surface area contributed by atoms with E-state index in [2.05, 4.69) is 15.9 Å². The summed E-state index contributed by atoms with van der Waals surface area (Å²) in [4.78, 5) is 10.9. The van der Waals surface area contributed by atoms with Crippen molar-refractivity contribution < 1.29 is 9.90 Å². The Hall–Kier alpha value is -1.29. The quantitative estimate of drug-likeness (QED) is 0.909. The Morgan fingerprint density at radius 3 is 2.87 bits per heavy atom. The molecule has 3 nitrogen and oxygen atoms in total. The number of aliphatic carboxylic acids is 1. The summed E-state index contributed by atoms with van der Waals surface area (Å²) in [5.74, 6) is -0.826. The summed E-state index contributed by atoms with van der Waals surface area (Å²) >= 11 is 3.44. The van der Waals surface area contributed by atoms with Crippen molar-refractivity contribution >= 4 is 32.8 Å². The van der Waals surface area contributed by atoms with E-state index < -0.39 is 12.0 Å². The van der Waals surface area contributed by atoms with Crippen LogP contribution in [0.5, 0.6) is 0 Å². The molecule has 0 spiro atoms. The monoisotopic (exact) mass is 267 g/mol. The summed E-state index contributed by atoms with van der Waals surface area (Å²) < 4.78 is 2.74. The minimum atomic E-state index is -0.826. The van der Waals surface area contributed by atoms with Crippen LogP contribution in [0.1, 0.15) is 13.0 Å². The van der Waals surface area contributed by atoms with Crippen LogP contribution in [0.2, 0.25) is 0 Å². The first-order valence-electron chi connectivity index (χ1n) is 4.59. The third-order valence-electron chi connectivity index (χ3n) is 2.48. The SMILES string of the molecule is C[C@H](C(=O)O)n1ccc2c(Br)cccc21. The van der Waals surface area contributed by atoms with Gasteiger partial charge in [-0.25, -0.2) is 4.79 Å². The molecule has 1 heterocycles. The number of carboxylic acid groups (broad SMARTS) is 1. The van der Waals surface area contributed by atoms with Crippen molar-refractivity contribution in [3.8, 4) is 0 Å². The van der Waals surface area contributed by atoms with E-state index in [1.165, 1.54) is 0 Å². The molecule has 78 valence electrons. The van der Waals surface area contributed by atoms with E-state index in [1.807, 2.05) is 24.3 Å². The lowest BCUT2D eigenvalue weighted by Gasteiger charge is -2.10. The van der Waals surface area contributed by atoms with Gasteiger partial charge in [-0.15, -0.1) is 0 Å². The number of carbonyl (C=O) groups is 1. The highest BCUT2D eigenvalue weighted by molar-refractivity contribution is 9.10. The number of fused-ring (bicyclic) bond motifs is 1. The van der Waals surface area contributed by atoms with Crippen LogP contribution in [0.3, 0.4) is 0 Å². The van der Waals surface area contributed by atoms with Crippen LogP contribution in [-0.4, -0.2) is 15.6 Å². The van der Waals surface area contributed by atoms with Gasteiger partial charge in [0.2, 0.25) is 0 Å². The Bertz CT molecular complexity index is 518. The average Bonchev–Trinajstić information content (AvgIpc) is 2.61. The van der Waals surface area contributed by atoms with Gasteiger partial charge in [0.05, 0.1) is 0 Å². The molecule has 4 heteroatoms. The molecule has 15 heavy (non-hydrogen) atoms. The second-order valence-electron chi connectivity index (χ2n) is 3.41. The van der Waals surface area contributed by atoms with E-state index in [-0.39, 0.29) is 0 Å². The number of hydrogen-bond donors (Lipinski definition) is 1. The summed E-state index contributed by atoms with van der Waals surface area (Å²) in [6.07, 6.45) is 1.80. The minimum Gasteiger partial charge on any atom is -0.480 e. The third-order valence-corrected chi connectivity index (χ3v) is 3.18. The number of aromatic nitrogens is 1. The molecule has 0 saturated carbocycles. The summed E-state index contributed by atoms with van der Waals surface area (Å²) in [5.41, 5.74) is 0.930. The molecule has 0 amide bonds. The van der Waals surface area contributed by atoms with Gasteiger partial charge in [0.25, 0.3) is 0 Å². The number of rotatable bonds is 2. The smallest absolute Gasteiger partial charge is 0.326 e. The van der Waals surface area contributed by atoms with Gasteiger partial charge in [-0.05, 0) is 25.1 Å². The molecule has 2 rings (SSSR count). The van der Waals surface area contributed by atoms with Crippen molar-refractivity contribution in [3.63, 3.8) is 0 Å². The van der Waals surface area contributed by atoms with Gasteiger partial charge in [-0.2, -0.15) is 0 Å². The van der Waals surface area contributed by atoms with E-state index in [9.17, 15) is 4.79 Å². The van der Waals surface area contributed by atoms with Crippen LogP contribution in [-0.2, 0) is 4.79 Å². The zero-order chi connectivity index (χ0) is 11.0. The number of nitrogens with zero attached hydrogens (tertiary/aromatic N) is 1. The van der Waals surface area contributed by atoms with Gasteiger partial charge in [0.1, 0.15) is 6.04 Å². The number of halogens is 1. The Morgan fingerprint density at radius 2 is 2.20 bits per heavy atom. The summed E-state index contributed by atoms with van der Waals surface area (Å²) in [7, 11) is 0. The highest BCUT2D eigenvalue weighted by Gasteiger charge is 2.15. The highest BCUT2D eigenvalue weighted by Crippen LogP contribution is 2.26. The second-order valence-corrected chi connectivity index (χ2v) is 4.26. The molecule has 0 saturated heterocycles. The lowest BCUT2D eigenvalue weighted by molar-refractivity contribution is -0.140. The van der Waals surface area contributed by atoms with Crippen LogP contribution in [0.15, 0.2) is 34.9 Å². The van der Waals surface area contributed by atoms with Gasteiger partial charge < -0.3 is 9.67 Å². The van der Waals surface area contributed by atoms with Gasteiger partial charge in [0.15, 0.2) is 0 Å². The predicted molar refractivity (Wildman–Crippen MR) is 62.0 cm³/mol. The fourth-order valence-electron chi connectivity index (χ4n) is 1.61. The van der Waals surface area contributed by atoms with E-state index in [4.69, 9.17) is 5.11 Å². The maximum absolute atomic E-state index is 10.9. The molecule has 0 aliphatic carbocycles. The van der Waals surface area contributed by atoms with Crippen molar-refractivity contribution in [2.75, 3.05) is 0 Å². The Labute approximate surface area is 95.5 Å². The van der Waals surface area contributed by atoms with Crippen LogP contribution >= 0.6 is 15.9 Å². The fraction of sp³-hybridized carbons (Fsp3) is 0.182. The Kier molecular flexibility index (Phi) is 2.52. The Morgan fingerprint density at radius 1 is 1.47 bits per heavy atom. The average molecular weight is 268 g/mol. The van der Waals surface area contributed by atoms with E-state index in [1.54, 1.807) is 17.7 Å². The highest BCUT2D eigenvalue weighted by atomic mass is 79.9. The van der Waals surface area contributed by atoms with Gasteiger partial charge in [-0.3, -0.25) is 0 Å². The molecule has 0 aliphatic heterocycles. The molecule has 1 aromatic heterocycles. The number of hydrogen-bond acceptors (Lipinski definition) is 1. The van der Waals surface area contributed by atoms with Gasteiger partial charge in [-0.1, -0.05) is 22.0 Å². The molecule has 0 bridgehead atoms. The van der Waals surface area contributed by atoms with E-state index >= 15 is 0 Å².